The standard InChI is InChI=1S/C8H17O4P.C6H15O5P/c1-3-5-6-8-12-13(9,10)11-7-4-2;1-2-3-4-10-5-6-11-12(7,8)9/h4H,2-3,5-8H2,1H3,(H,9,10);2-6H2,1H3,(H2,7,8,9). The first-order chi connectivity index (χ1) is 11.7. The molecule has 0 aliphatic carbocycles. The lowest BCUT2D eigenvalue weighted by molar-refractivity contribution is 0.0839. The summed E-state index contributed by atoms with van der Waals surface area (Å²) in [7, 11) is -8.12. The molecule has 152 valence electrons. The van der Waals surface area contributed by atoms with E-state index in [4.69, 9.17) is 19.4 Å². The minimum absolute atomic E-state index is 0.0293. The fraction of sp³-hybridized carbons (Fsp3) is 0.857. The molecular weight excluding hydrogens is 374 g/mol. The molecule has 0 aliphatic rings. The normalized spacial score (nSPS) is 13.6. The van der Waals surface area contributed by atoms with E-state index in [2.05, 4.69) is 20.2 Å². The van der Waals surface area contributed by atoms with Crippen LogP contribution in [0.3, 0.4) is 0 Å². The van der Waals surface area contributed by atoms with Crippen molar-refractivity contribution in [3.8, 4) is 0 Å². The second-order valence-electron chi connectivity index (χ2n) is 4.88. The van der Waals surface area contributed by atoms with Crippen molar-refractivity contribution < 1.29 is 42.1 Å². The lowest BCUT2D eigenvalue weighted by Gasteiger charge is -2.10. The Bertz CT molecular complexity index is 398. The van der Waals surface area contributed by atoms with Gasteiger partial charge >= 0.3 is 15.6 Å². The Hall–Kier alpha value is -0.0800. The van der Waals surface area contributed by atoms with Crippen molar-refractivity contribution in [3.05, 3.63) is 12.7 Å². The van der Waals surface area contributed by atoms with Crippen molar-refractivity contribution in [1.82, 2.24) is 0 Å². The van der Waals surface area contributed by atoms with Crippen molar-refractivity contribution >= 4 is 15.6 Å². The van der Waals surface area contributed by atoms with E-state index in [-0.39, 0.29) is 26.4 Å². The average molecular weight is 406 g/mol. The van der Waals surface area contributed by atoms with Gasteiger partial charge in [-0.25, -0.2) is 9.13 Å². The van der Waals surface area contributed by atoms with Crippen LogP contribution in [0.2, 0.25) is 0 Å². The van der Waals surface area contributed by atoms with Crippen LogP contribution >= 0.6 is 15.6 Å². The van der Waals surface area contributed by atoms with E-state index < -0.39 is 15.6 Å². The van der Waals surface area contributed by atoms with Gasteiger partial charge in [0.05, 0.1) is 26.4 Å². The molecule has 0 saturated carbocycles. The summed E-state index contributed by atoms with van der Waals surface area (Å²) in [6.07, 6.45) is 6.21. The van der Waals surface area contributed by atoms with Crippen molar-refractivity contribution in [3.63, 3.8) is 0 Å². The SMILES string of the molecule is C=CCOP(=O)(O)OCCCCC.CCCCOCCOP(=O)(O)O. The summed E-state index contributed by atoms with van der Waals surface area (Å²) in [5.74, 6) is 0. The van der Waals surface area contributed by atoms with Crippen molar-refractivity contribution in [2.45, 2.75) is 46.0 Å². The van der Waals surface area contributed by atoms with E-state index in [1.807, 2.05) is 13.8 Å². The van der Waals surface area contributed by atoms with Crippen molar-refractivity contribution in [2.75, 3.05) is 33.0 Å². The van der Waals surface area contributed by atoms with Gasteiger partial charge < -0.3 is 19.4 Å². The summed E-state index contributed by atoms with van der Waals surface area (Å²) in [5, 5.41) is 0. The van der Waals surface area contributed by atoms with Crippen LogP contribution in [-0.4, -0.2) is 47.7 Å². The summed E-state index contributed by atoms with van der Waals surface area (Å²) in [4.78, 5) is 25.5. The van der Waals surface area contributed by atoms with Crippen LogP contribution in [0.1, 0.15) is 46.0 Å². The molecule has 11 heteroatoms. The Morgan fingerprint density at radius 2 is 1.48 bits per heavy atom. The molecule has 3 N–H and O–H groups in total. The first-order valence-electron chi connectivity index (χ1n) is 8.19. The van der Waals surface area contributed by atoms with Crippen LogP contribution in [0.5, 0.6) is 0 Å². The minimum Gasteiger partial charge on any atom is -0.379 e. The monoisotopic (exact) mass is 406 g/mol. The van der Waals surface area contributed by atoms with Crippen molar-refractivity contribution in [1.29, 1.82) is 0 Å². The van der Waals surface area contributed by atoms with Crippen LogP contribution in [-0.2, 0) is 27.4 Å². The lowest BCUT2D eigenvalue weighted by atomic mass is 10.3. The largest absolute Gasteiger partial charge is 0.472 e. The number of hydrogen-bond donors (Lipinski definition) is 3. The second kappa shape index (κ2) is 17.3. The molecule has 0 bridgehead atoms. The highest BCUT2D eigenvalue weighted by atomic mass is 31.2. The number of ether oxygens (including phenoxy) is 1. The van der Waals surface area contributed by atoms with Gasteiger partial charge in [0.1, 0.15) is 0 Å². The Balaban J connectivity index is 0. The van der Waals surface area contributed by atoms with Gasteiger partial charge in [-0.1, -0.05) is 39.2 Å². The molecule has 25 heavy (non-hydrogen) atoms. The van der Waals surface area contributed by atoms with Gasteiger partial charge in [-0.15, -0.1) is 6.58 Å². The van der Waals surface area contributed by atoms with Crippen LogP contribution < -0.4 is 0 Å². The highest BCUT2D eigenvalue weighted by molar-refractivity contribution is 7.47. The smallest absolute Gasteiger partial charge is 0.379 e. The van der Waals surface area contributed by atoms with Gasteiger partial charge in [-0.3, -0.25) is 13.6 Å². The molecule has 0 rings (SSSR count). The summed E-state index contributed by atoms with van der Waals surface area (Å²) >= 11 is 0. The van der Waals surface area contributed by atoms with E-state index in [1.165, 1.54) is 6.08 Å². The van der Waals surface area contributed by atoms with Gasteiger partial charge in [0.2, 0.25) is 0 Å². The quantitative estimate of drug-likeness (QED) is 0.213. The molecule has 0 spiro atoms. The van der Waals surface area contributed by atoms with Gasteiger partial charge in [-0.05, 0) is 12.8 Å². The molecule has 0 heterocycles. The molecule has 9 nitrogen and oxygen atoms in total. The summed E-state index contributed by atoms with van der Waals surface area (Å²) in [6.45, 7) is 8.52. The average Bonchev–Trinajstić information content (AvgIpc) is 2.53. The predicted octanol–water partition coefficient (Wildman–Crippen LogP) is 3.41. The Morgan fingerprint density at radius 3 is 2.00 bits per heavy atom. The van der Waals surface area contributed by atoms with Crippen LogP contribution in [0.25, 0.3) is 0 Å². The van der Waals surface area contributed by atoms with Gasteiger partial charge in [0.25, 0.3) is 0 Å². The lowest BCUT2D eigenvalue weighted by Crippen LogP contribution is -2.03. The number of phosphoric ester groups is 2. The molecule has 0 fully saturated rings. The number of phosphoric acid groups is 2. The van der Waals surface area contributed by atoms with Gasteiger partial charge in [0, 0.05) is 6.61 Å². The minimum atomic E-state index is -4.30. The molecule has 0 amide bonds. The maximum atomic E-state index is 11.0. The molecule has 0 aromatic heterocycles. The number of unbranched alkanes of at least 4 members (excludes halogenated alkanes) is 3. The first-order valence-corrected chi connectivity index (χ1v) is 11.2. The maximum absolute atomic E-state index is 11.0. The van der Waals surface area contributed by atoms with Crippen LogP contribution in [0.15, 0.2) is 12.7 Å². The zero-order chi connectivity index (χ0) is 19.6. The molecule has 0 radical (unpaired) electrons. The van der Waals surface area contributed by atoms with Crippen LogP contribution in [0, 0.1) is 0 Å². The number of hydrogen-bond acceptors (Lipinski definition) is 6. The molecule has 0 aromatic rings. The van der Waals surface area contributed by atoms with E-state index >= 15 is 0 Å². The molecule has 0 saturated heterocycles. The molecule has 1 atom stereocenters. The van der Waals surface area contributed by atoms with E-state index in [0.717, 1.165) is 32.1 Å². The highest BCUT2D eigenvalue weighted by Crippen LogP contribution is 2.43. The van der Waals surface area contributed by atoms with E-state index in [1.54, 1.807) is 0 Å². The maximum Gasteiger partial charge on any atom is 0.472 e. The zero-order valence-corrected chi connectivity index (χ0v) is 16.8. The summed E-state index contributed by atoms with van der Waals surface area (Å²) in [6, 6.07) is 0. The third-order valence-corrected chi connectivity index (χ3v) is 3.99. The zero-order valence-electron chi connectivity index (χ0n) is 15.0. The Kier molecular flexibility index (Phi) is 18.8. The second-order valence-corrected chi connectivity index (χ2v) is 7.58. The Labute approximate surface area is 150 Å². The molecular formula is C14H32O9P2. The van der Waals surface area contributed by atoms with Crippen molar-refractivity contribution in [2.24, 2.45) is 0 Å². The van der Waals surface area contributed by atoms with E-state index in [9.17, 15) is 9.13 Å². The van der Waals surface area contributed by atoms with E-state index in [0.29, 0.717) is 6.61 Å². The molecule has 0 aromatic carbocycles. The third kappa shape index (κ3) is 26.3. The molecule has 1 unspecified atom stereocenters. The summed E-state index contributed by atoms with van der Waals surface area (Å²) < 4.78 is 39.5. The third-order valence-electron chi connectivity index (χ3n) is 2.49. The number of rotatable bonds is 15. The first kappa shape index (κ1) is 27.1. The predicted molar refractivity (Wildman–Crippen MR) is 95.2 cm³/mol. The fourth-order valence-electron chi connectivity index (χ4n) is 1.28. The van der Waals surface area contributed by atoms with Crippen LogP contribution in [0.4, 0.5) is 0 Å². The van der Waals surface area contributed by atoms with Gasteiger partial charge in [0.15, 0.2) is 0 Å². The summed E-state index contributed by atoms with van der Waals surface area (Å²) in [5.41, 5.74) is 0. The fourth-order valence-corrected chi connectivity index (χ4v) is 2.32. The Morgan fingerprint density at radius 1 is 0.840 bits per heavy atom. The topological polar surface area (TPSA) is 132 Å². The highest BCUT2D eigenvalue weighted by Gasteiger charge is 2.19. The van der Waals surface area contributed by atoms with Gasteiger partial charge in [-0.2, -0.15) is 0 Å². The molecule has 0 aliphatic heterocycles.